The van der Waals surface area contributed by atoms with E-state index in [4.69, 9.17) is 21.1 Å². The van der Waals surface area contributed by atoms with Gasteiger partial charge in [0.25, 0.3) is 0 Å². The Labute approximate surface area is 125 Å². The number of hydrogen-bond acceptors (Lipinski definition) is 4. The monoisotopic (exact) mass is 316 g/mol. The van der Waals surface area contributed by atoms with Gasteiger partial charge in [0, 0.05) is 12.6 Å². The second-order valence-corrected chi connectivity index (χ2v) is 4.73. The van der Waals surface area contributed by atoms with E-state index < -0.39 is 11.8 Å². The van der Waals surface area contributed by atoms with Crippen LogP contribution >= 0.6 is 11.6 Å². The zero-order chi connectivity index (χ0) is 15.4. The highest BCUT2D eigenvalue weighted by Crippen LogP contribution is 2.30. The lowest BCUT2D eigenvalue weighted by Crippen LogP contribution is -2.32. The van der Waals surface area contributed by atoms with Crippen LogP contribution in [-0.2, 0) is 4.74 Å². The van der Waals surface area contributed by atoms with Crippen LogP contribution < -0.4 is 15.4 Å². The largest absolute Gasteiger partial charge is 0.490 e. The van der Waals surface area contributed by atoms with Gasteiger partial charge in [0.1, 0.15) is 18.2 Å². The van der Waals surface area contributed by atoms with Gasteiger partial charge in [-0.3, -0.25) is 0 Å². The van der Waals surface area contributed by atoms with Crippen LogP contribution in [0.25, 0.3) is 0 Å². The minimum atomic E-state index is -0.720. The lowest BCUT2D eigenvalue weighted by atomic mass is 10.2. The molecule has 0 spiro atoms. The number of nitrogens with one attached hydrogen (secondary N) is 2. The fourth-order valence-electron chi connectivity index (χ4n) is 1.82. The molecule has 6 nitrogen and oxygen atoms in total. The first kappa shape index (κ1) is 15.4. The first-order valence-electron chi connectivity index (χ1n) is 6.34. The molecule has 1 aromatic carbocycles. The lowest BCUT2D eigenvalue weighted by Gasteiger charge is -2.14. The highest BCUT2D eigenvalue weighted by atomic mass is 35.5. The molecule has 1 aliphatic rings. The molecule has 2 rings (SSSR count). The van der Waals surface area contributed by atoms with Gasteiger partial charge in [0.15, 0.2) is 0 Å². The topological polar surface area (TPSA) is 76.7 Å². The smallest absolute Gasteiger partial charge is 0.339 e. The number of ether oxygens (including phenoxy) is 2. The van der Waals surface area contributed by atoms with Gasteiger partial charge in [0.2, 0.25) is 0 Å². The Morgan fingerprint density at radius 3 is 2.90 bits per heavy atom. The van der Waals surface area contributed by atoms with Crippen LogP contribution in [0.3, 0.4) is 0 Å². The molecule has 0 aliphatic carbocycles. The molecule has 1 heterocycles. The summed E-state index contributed by atoms with van der Waals surface area (Å²) in [5.74, 6) is -1.35. The summed E-state index contributed by atoms with van der Waals surface area (Å²) in [6, 6.07) is 1.53. The molecule has 2 amide bonds. The van der Waals surface area contributed by atoms with E-state index in [1.54, 1.807) is 6.92 Å². The minimum absolute atomic E-state index is 0.0212. The Bertz CT molecular complexity index is 567. The SMILES string of the molecule is CCOC(=O)c1cc(F)cc(OCC2CNC(=O)N2)c1Cl. The number of esters is 1. The first-order valence-corrected chi connectivity index (χ1v) is 6.72. The fraction of sp³-hybridized carbons (Fsp3) is 0.385. The number of benzene rings is 1. The number of amides is 2. The second-order valence-electron chi connectivity index (χ2n) is 4.35. The molecular formula is C13H14ClFN2O4. The van der Waals surface area contributed by atoms with Gasteiger partial charge in [-0.2, -0.15) is 0 Å². The molecule has 1 aliphatic heterocycles. The van der Waals surface area contributed by atoms with Gasteiger partial charge in [-0.05, 0) is 13.0 Å². The second kappa shape index (κ2) is 6.62. The van der Waals surface area contributed by atoms with Crippen molar-refractivity contribution in [3.05, 3.63) is 28.5 Å². The summed E-state index contributed by atoms with van der Waals surface area (Å²) in [6.45, 7) is 2.29. The van der Waals surface area contributed by atoms with E-state index >= 15 is 0 Å². The predicted molar refractivity (Wildman–Crippen MR) is 73.2 cm³/mol. The third-order valence-electron chi connectivity index (χ3n) is 2.78. The maximum atomic E-state index is 13.5. The van der Waals surface area contributed by atoms with Crippen molar-refractivity contribution in [3.63, 3.8) is 0 Å². The Kier molecular flexibility index (Phi) is 4.85. The Balaban J connectivity index is 2.11. The number of carbonyl (C=O) groups excluding carboxylic acids is 2. The molecule has 0 bridgehead atoms. The molecule has 1 saturated heterocycles. The molecule has 1 atom stereocenters. The zero-order valence-corrected chi connectivity index (χ0v) is 12.0. The van der Waals surface area contributed by atoms with Crippen molar-refractivity contribution >= 4 is 23.6 Å². The molecule has 1 aromatic rings. The van der Waals surface area contributed by atoms with Gasteiger partial charge in [0.05, 0.1) is 23.2 Å². The van der Waals surface area contributed by atoms with Crippen molar-refractivity contribution < 1.29 is 23.5 Å². The molecule has 1 unspecified atom stereocenters. The van der Waals surface area contributed by atoms with Gasteiger partial charge in [-0.25, -0.2) is 14.0 Å². The Hall–Kier alpha value is -2.02. The molecule has 2 N–H and O–H groups in total. The van der Waals surface area contributed by atoms with Gasteiger partial charge in [-0.1, -0.05) is 11.6 Å². The molecule has 0 radical (unpaired) electrons. The normalized spacial score (nSPS) is 17.1. The first-order chi connectivity index (χ1) is 10.0. The van der Waals surface area contributed by atoms with E-state index in [1.807, 2.05) is 0 Å². The van der Waals surface area contributed by atoms with Crippen molar-refractivity contribution in [2.24, 2.45) is 0 Å². The molecular weight excluding hydrogens is 303 g/mol. The van der Waals surface area contributed by atoms with Gasteiger partial charge < -0.3 is 20.1 Å². The summed E-state index contributed by atoms with van der Waals surface area (Å²) in [6.07, 6.45) is 0. The van der Waals surface area contributed by atoms with E-state index in [9.17, 15) is 14.0 Å². The van der Waals surface area contributed by atoms with Crippen LogP contribution in [0.1, 0.15) is 17.3 Å². The fourth-order valence-corrected chi connectivity index (χ4v) is 2.06. The molecule has 0 aromatic heterocycles. The average Bonchev–Trinajstić information content (AvgIpc) is 2.85. The average molecular weight is 317 g/mol. The third-order valence-corrected chi connectivity index (χ3v) is 3.17. The molecule has 21 heavy (non-hydrogen) atoms. The summed E-state index contributed by atoms with van der Waals surface area (Å²) < 4.78 is 23.7. The lowest BCUT2D eigenvalue weighted by molar-refractivity contribution is 0.0525. The molecule has 1 fully saturated rings. The van der Waals surface area contributed by atoms with Crippen molar-refractivity contribution in [2.75, 3.05) is 19.8 Å². The van der Waals surface area contributed by atoms with Crippen molar-refractivity contribution in [1.82, 2.24) is 10.6 Å². The Morgan fingerprint density at radius 2 is 2.29 bits per heavy atom. The quantitative estimate of drug-likeness (QED) is 0.811. The molecule has 114 valence electrons. The summed E-state index contributed by atoms with van der Waals surface area (Å²) in [5.41, 5.74) is -0.0953. The van der Waals surface area contributed by atoms with E-state index in [2.05, 4.69) is 10.6 Å². The maximum Gasteiger partial charge on any atom is 0.339 e. The number of hydrogen-bond donors (Lipinski definition) is 2. The van der Waals surface area contributed by atoms with E-state index in [0.717, 1.165) is 12.1 Å². The number of rotatable bonds is 5. The highest BCUT2D eigenvalue weighted by Gasteiger charge is 2.22. The van der Waals surface area contributed by atoms with Gasteiger partial charge >= 0.3 is 12.0 Å². The van der Waals surface area contributed by atoms with Crippen molar-refractivity contribution in [1.29, 1.82) is 0 Å². The van der Waals surface area contributed by atoms with Crippen LogP contribution in [-0.4, -0.2) is 37.8 Å². The van der Waals surface area contributed by atoms with E-state index in [-0.39, 0.29) is 41.6 Å². The predicted octanol–water partition coefficient (Wildman–Crippen LogP) is 1.72. The minimum Gasteiger partial charge on any atom is -0.490 e. The Morgan fingerprint density at radius 1 is 1.52 bits per heavy atom. The summed E-state index contributed by atoms with van der Waals surface area (Å²) in [7, 11) is 0. The van der Waals surface area contributed by atoms with Crippen molar-refractivity contribution in [2.45, 2.75) is 13.0 Å². The van der Waals surface area contributed by atoms with Crippen LogP contribution in [0.4, 0.5) is 9.18 Å². The summed E-state index contributed by atoms with van der Waals surface area (Å²) in [5, 5.41) is 5.16. The molecule has 8 heteroatoms. The van der Waals surface area contributed by atoms with Gasteiger partial charge in [-0.15, -0.1) is 0 Å². The highest BCUT2D eigenvalue weighted by molar-refractivity contribution is 6.35. The zero-order valence-electron chi connectivity index (χ0n) is 11.2. The standard InChI is InChI=1S/C13H14ClFN2O4/c1-2-20-12(18)9-3-7(15)4-10(11(9)14)21-6-8-5-16-13(19)17-8/h3-4,8H,2,5-6H2,1H3,(H2,16,17,19). The van der Waals surface area contributed by atoms with Crippen molar-refractivity contribution in [3.8, 4) is 5.75 Å². The number of urea groups is 1. The third kappa shape index (κ3) is 3.75. The van der Waals surface area contributed by atoms with E-state index in [1.165, 1.54) is 0 Å². The van der Waals surface area contributed by atoms with Crippen LogP contribution in [0, 0.1) is 5.82 Å². The summed E-state index contributed by atoms with van der Waals surface area (Å²) >= 11 is 6.03. The van der Waals surface area contributed by atoms with Crippen LogP contribution in [0.15, 0.2) is 12.1 Å². The van der Waals surface area contributed by atoms with Crippen LogP contribution in [0.5, 0.6) is 5.75 Å². The molecule has 0 saturated carbocycles. The number of halogens is 2. The number of carbonyl (C=O) groups is 2. The maximum absolute atomic E-state index is 13.5. The summed E-state index contributed by atoms with van der Waals surface area (Å²) in [4.78, 5) is 22.7. The van der Waals surface area contributed by atoms with Crippen LogP contribution in [0.2, 0.25) is 5.02 Å². The van der Waals surface area contributed by atoms with E-state index in [0.29, 0.717) is 6.54 Å².